The number of hydrogen-bond donors (Lipinski definition) is 1. The van der Waals surface area contributed by atoms with E-state index in [1.54, 1.807) is 6.92 Å². The summed E-state index contributed by atoms with van der Waals surface area (Å²) < 4.78 is 59.3. The highest BCUT2D eigenvalue weighted by atomic mass is 19.3. The smallest absolute Gasteiger partial charge is 0.387 e. The first-order valence-electron chi connectivity index (χ1n) is 5.66. The van der Waals surface area contributed by atoms with Gasteiger partial charge in [0.2, 0.25) is 0 Å². The Bertz CT molecular complexity index is 401. The Kier molecular flexibility index (Phi) is 5.88. The molecule has 108 valence electrons. The molecule has 0 aliphatic rings. The van der Waals surface area contributed by atoms with Crippen molar-refractivity contribution in [3.05, 3.63) is 23.8 Å². The van der Waals surface area contributed by atoms with Crippen LogP contribution in [0.2, 0.25) is 0 Å². The minimum Gasteiger partial charge on any atom is -0.490 e. The fraction of sp³-hybridized carbons (Fsp3) is 0.500. The van der Waals surface area contributed by atoms with Crippen molar-refractivity contribution in [1.82, 2.24) is 5.32 Å². The van der Waals surface area contributed by atoms with Crippen LogP contribution >= 0.6 is 0 Å². The molecule has 1 rings (SSSR count). The van der Waals surface area contributed by atoms with Crippen molar-refractivity contribution in [2.45, 2.75) is 26.0 Å². The molecule has 0 amide bonds. The second kappa shape index (κ2) is 7.18. The van der Waals surface area contributed by atoms with Gasteiger partial charge in [-0.15, -0.1) is 0 Å². The molecule has 0 spiro atoms. The van der Waals surface area contributed by atoms with Gasteiger partial charge in [-0.3, -0.25) is 0 Å². The van der Waals surface area contributed by atoms with E-state index in [1.165, 1.54) is 25.2 Å². The van der Waals surface area contributed by atoms with Crippen LogP contribution in [0.4, 0.5) is 17.6 Å². The molecule has 0 aliphatic heterocycles. The number of alkyl halides is 4. The number of ether oxygens (including phenoxy) is 2. The van der Waals surface area contributed by atoms with Gasteiger partial charge in [-0.05, 0) is 31.7 Å². The summed E-state index contributed by atoms with van der Waals surface area (Å²) in [6, 6.07) is 2.57. The van der Waals surface area contributed by atoms with Crippen molar-refractivity contribution in [3.63, 3.8) is 0 Å². The molecule has 0 saturated heterocycles. The molecular weight excluding hydrogens is 266 g/mol. The second-order valence-electron chi connectivity index (χ2n) is 3.62. The highest BCUT2D eigenvalue weighted by molar-refractivity contribution is 5.44. The Morgan fingerprint density at radius 2 is 1.84 bits per heavy atom. The lowest BCUT2D eigenvalue weighted by Crippen LogP contribution is -2.23. The van der Waals surface area contributed by atoms with Crippen molar-refractivity contribution >= 4 is 0 Å². The van der Waals surface area contributed by atoms with Gasteiger partial charge in [-0.2, -0.15) is 8.78 Å². The summed E-state index contributed by atoms with van der Waals surface area (Å²) in [5.74, 6) is -0.161. The zero-order chi connectivity index (χ0) is 14.4. The Labute approximate surface area is 108 Å². The molecule has 1 aromatic rings. The average Bonchev–Trinajstić information content (AvgIpc) is 2.32. The minimum atomic E-state index is -3.00. The van der Waals surface area contributed by atoms with Crippen LogP contribution in [0.15, 0.2) is 18.2 Å². The Morgan fingerprint density at radius 3 is 2.32 bits per heavy atom. The molecule has 0 radical (unpaired) electrons. The zero-order valence-corrected chi connectivity index (χ0v) is 10.5. The molecule has 1 N–H and O–H groups in total. The van der Waals surface area contributed by atoms with E-state index in [-0.39, 0.29) is 23.7 Å². The van der Waals surface area contributed by atoms with E-state index in [0.29, 0.717) is 0 Å². The SMILES string of the molecule is CCOc1cc(C(NC)C(F)F)ccc1OC(F)F. The molecule has 3 nitrogen and oxygen atoms in total. The third-order valence-electron chi connectivity index (χ3n) is 2.41. The molecule has 0 saturated carbocycles. The van der Waals surface area contributed by atoms with E-state index in [9.17, 15) is 17.6 Å². The second-order valence-corrected chi connectivity index (χ2v) is 3.62. The van der Waals surface area contributed by atoms with Gasteiger partial charge in [0.25, 0.3) is 6.43 Å². The monoisotopic (exact) mass is 281 g/mol. The molecule has 0 aromatic heterocycles. The van der Waals surface area contributed by atoms with E-state index in [4.69, 9.17) is 4.74 Å². The van der Waals surface area contributed by atoms with Crippen LogP contribution in [0.5, 0.6) is 11.5 Å². The average molecular weight is 281 g/mol. The summed E-state index contributed by atoms with van der Waals surface area (Å²) >= 11 is 0. The Balaban J connectivity index is 3.07. The minimum absolute atomic E-state index is 0.0150. The zero-order valence-electron chi connectivity index (χ0n) is 10.5. The van der Waals surface area contributed by atoms with Gasteiger partial charge in [0.15, 0.2) is 11.5 Å². The van der Waals surface area contributed by atoms with Crippen molar-refractivity contribution in [2.24, 2.45) is 0 Å². The number of hydrogen-bond acceptors (Lipinski definition) is 3. The molecule has 0 heterocycles. The molecular formula is C12H15F4NO2. The van der Waals surface area contributed by atoms with Crippen molar-refractivity contribution in [3.8, 4) is 11.5 Å². The van der Waals surface area contributed by atoms with Crippen LogP contribution in [0, 0.1) is 0 Å². The summed E-state index contributed by atoms with van der Waals surface area (Å²) in [4.78, 5) is 0. The Morgan fingerprint density at radius 1 is 1.16 bits per heavy atom. The third kappa shape index (κ3) is 4.27. The van der Waals surface area contributed by atoms with Crippen LogP contribution < -0.4 is 14.8 Å². The van der Waals surface area contributed by atoms with Crippen LogP contribution in [0.3, 0.4) is 0 Å². The topological polar surface area (TPSA) is 30.5 Å². The Hall–Kier alpha value is -1.50. The number of nitrogens with one attached hydrogen (secondary N) is 1. The lowest BCUT2D eigenvalue weighted by atomic mass is 10.1. The maximum Gasteiger partial charge on any atom is 0.387 e. The molecule has 1 atom stereocenters. The summed E-state index contributed by atoms with van der Waals surface area (Å²) in [5, 5.41) is 2.45. The lowest BCUT2D eigenvalue weighted by molar-refractivity contribution is -0.0514. The van der Waals surface area contributed by atoms with Gasteiger partial charge in [0.1, 0.15) is 0 Å². The fourth-order valence-electron chi connectivity index (χ4n) is 1.62. The van der Waals surface area contributed by atoms with E-state index >= 15 is 0 Å². The summed E-state index contributed by atoms with van der Waals surface area (Å²) in [7, 11) is 1.39. The quantitative estimate of drug-likeness (QED) is 0.778. The van der Waals surface area contributed by atoms with Crippen molar-refractivity contribution in [2.75, 3.05) is 13.7 Å². The van der Waals surface area contributed by atoms with Gasteiger partial charge in [0, 0.05) is 0 Å². The highest BCUT2D eigenvalue weighted by Crippen LogP contribution is 2.33. The summed E-state index contributed by atoms with van der Waals surface area (Å²) in [6.45, 7) is -1.14. The van der Waals surface area contributed by atoms with E-state index < -0.39 is 19.1 Å². The standard InChI is InChI=1S/C12H15F4NO2/c1-3-18-9-6-7(10(17-2)11(13)14)4-5-8(9)19-12(15)16/h4-6,10-12,17H,3H2,1-2H3. The van der Waals surface area contributed by atoms with Crippen molar-refractivity contribution < 1.29 is 27.0 Å². The molecule has 0 fully saturated rings. The van der Waals surface area contributed by atoms with E-state index in [0.717, 1.165) is 0 Å². The fourth-order valence-corrected chi connectivity index (χ4v) is 1.62. The largest absolute Gasteiger partial charge is 0.490 e. The summed E-state index contributed by atoms with van der Waals surface area (Å²) in [6.07, 6.45) is -2.62. The third-order valence-corrected chi connectivity index (χ3v) is 2.41. The first-order valence-corrected chi connectivity index (χ1v) is 5.66. The van der Waals surface area contributed by atoms with Crippen LogP contribution in [-0.4, -0.2) is 26.7 Å². The highest BCUT2D eigenvalue weighted by Gasteiger charge is 2.22. The van der Waals surface area contributed by atoms with Gasteiger partial charge in [0.05, 0.1) is 12.6 Å². The first kappa shape index (κ1) is 15.6. The van der Waals surface area contributed by atoms with Crippen LogP contribution in [0.1, 0.15) is 18.5 Å². The van der Waals surface area contributed by atoms with Crippen LogP contribution in [-0.2, 0) is 0 Å². The number of benzene rings is 1. The van der Waals surface area contributed by atoms with Crippen LogP contribution in [0.25, 0.3) is 0 Å². The molecule has 19 heavy (non-hydrogen) atoms. The summed E-state index contributed by atoms with van der Waals surface area (Å²) in [5.41, 5.74) is 0.238. The van der Waals surface area contributed by atoms with E-state index in [2.05, 4.69) is 10.1 Å². The normalized spacial score (nSPS) is 12.8. The van der Waals surface area contributed by atoms with Gasteiger partial charge in [-0.25, -0.2) is 8.78 Å². The molecule has 1 unspecified atom stereocenters. The van der Waals surface area contributed by atoms with E-state index in [1.807, 2.05) is 0 Å². The number of rotatable bonds is 7. The van der Waals surface area contributed by atoms with Gasteiger partial charge in [-0.1, -0.05) is 6.07 Å². The van der Waals surface area contributed by atoms with Gasteiger partial charge < -0.3 is 14.8 Å². The maximum atomic E-state index is 12.8. The van der Waals surface area contributed by atoms with Gasteiger partial charge >= 0.3 is 6.61 Å². The molecule has 7 heteroatoms. The molecule has 0 aliphatic carbocycles. The predicted molar refractivity (Wildman–Crippen MR) is 62.0 cm³/mol. The van der Waals surface area contributed by atoms with Crippen molar-refractivity contribution in [1.29, 1.82) is 0 Å². The molecule has 1 aromatic carbocycles. The predicted octanol–water partition coefficient (Wildman–Crippen LogP) is 3.21. The maximum absolute atomic E-state index is 12.8. The number of halogens is 4. The lowest BCUT2D eigenvalue weighted by Gasteiger charge is -2.18. The molecule has 0 bridgehead atoms. The first-order chi connectivity index (χ1) is 8.99.